The first kappa shape index (κ1) is 14.1. The van der Waals surface area contributed by atoms with Crippen molar-refractivity contribution in [2.75, 3.05) is 37.4 Å². The summed E-state index contributed by atoms with van der Waals surface area (Å²) in [6.07, 6.45) is 0. The zero-order chi connectivity index (χ0) is 13.7. The van der Waals surface area contributed by atoms with Crippen LogP contribution in [0.3, 0.4) is 0 Å². The Hall–Kier alpha value is -1.96. The lowest BCUT2D eigenvalue weighted by molar-refractivity contribution is -0.385. The summed E-state index contributed by atoms with van der Waals surface area (Å²) in [5.74, 6) is 0.237. The molecule has 0 bridgehead atoms. The molecule has 0 amide bonds. The first-order valence-corrected chi connectivity index (χ1v) is 5.54. The summed E-state index contributed by atoms with van der Waals surface area (Å²) in [6.45, 7) is 4.98. The zero-order valence-electron chi connectivity index (χ0n) is 10.7. The highest BCUT2D eigenvalue weighted by Crippen LogP contribution is 2.28. The van der Waals surface area contributed by atoms with Gasteiger partial charge in [0.15, 0.2) is 0 Å². The van der Waals surface area contributed by atoms with Crippen LogP contribution in [0.25, 0.3) is 0 Å². The van der Waals surface area contributed by atoms with Gasteiger partial charge in [-0.1, -0.05) is 0 Å². The lowest BCUT2D eigenvalue weighted by Crippen LogP contribution is -2.25. The van der Waals surface area contributed by atoms with Crippen LogP contribution in [-0.2, 0) is 4.74 Å². The van der Waals surface area contributed by atoms with Crippen molar-refractivity contribution in [1.82, 2.24) is 9.97 Å². The van der Waals surface area contributed by atoms with E-state index in [1.807, 2.05) is 6.92 Å². The number of aryl methyl sites for hydroxylation is 1. The second-order valence-corrected chi connectivity index (χ2v) is 3.72. The van der Waals surface area contributed by atoms with Gasteiger partial charge in [0.1, 0.15) is 5.69 Å². The third kappa shape index (κ3) is 3.27. The predicted molar refractivity (Wildman–Crippen MR) is 67.6 cm³/mol. The minimum Gasteiger partial charge on any atom is -0.380 e. The molecule has 0 aliphatic rings. The predicted octanol–water partition coefficient (Wildman–Crippen LogP) is 0.748. The Labute approximate surface area is 105 Å². The molecule has 0 saturated heterocycles. The van der Waals surface area contributed by atoms with Gasteiger partial charge in [-0.05, 0) is 13.8 Å². The molecule has 1 aromatic rings. The Bertz CT molecular complexity index is 438. The van der Waals surface area contributed by atoms with Crippen LogP contribution >= 0.6 is 0 Å². The molecule has 0 aromatic carbocycles. The number of ether oxygens (including phenoxy) is 1. The van der Waals surface area contributed by atoms with Crippen molar-refractivity contribution < 1.29 is 9.66 Å². The Balaban J connectivity index is 3.02. The van der Waals surface area contributed by atoms with Gasteiger partial charge in [-0.3, -0.25) is 10.1 Å². The van der Waals surface area contributed by atoms with E-state index in [1.165, 1.54) is 6.92 Å². The number of anilines is 2. The number of hydrogen-bond acceptors (Lipinski definition) is 7. The molecule has 1 rings (SSSR count). The van der Waals surface area contributed by atoms with Crippen molar-refractivity contribution in [2.24, 2.45) is 0 Å². The van der Waals surface area contributed by atoms with E-state index in [4.69, 9.17) is 10.5 Å². The average Bonchev–Trinajstić information content (AvgIpc) is 2.27. The van der Waals surface area contributed by atoms with Crippen LogP contribution in [0.1, 0.15) is 12.6 Å². The SMILES string of the molecule is CCOCCN(C)c1nc(N)nc(C)c1[N+](=O)[O-]. The van der Waals surface area contributed by atoms with Gasteiger partial charge in [0.25, 0.3) is 0 Å². The maximum absolute atomic E-state index is 11.0. The van der Waals surface area contributed by atoms with Crippen molar-refractivity contribution in [2.45, 2.75) is 13.8 Å². The summed E-state index contributed by atoms with van der Waals surface area (Å²) >= 11 is 0. The highest BCUT2D eigenvalue weighted by atomic mass is 16.6. The average molecular weight is 255 g/mol. The monoisotopic (exact) mass is 255 g/mol. The summed E-state index contributed by atoms with van der Waals surface area (Å²) in [4.78, 5) is 19.9. The Morgan fingerprint density at radius 1 is 1.50 bits per heavy atom. The van der Waals surface area contributed by atoms with E-state index in [0.717, 1.165) is 0 Å². The topological polar surface area (TPSA) is 107 Å². The number of nitrogen functional groups attached to an aromatic ring is 1. The Kier molecular flexibility index (Phi) is 4.78. The number of aromatic nitrogens is 2. The van der Waals surface area contributed by atoms with E-state index >= 15 is 0 Å². The van der Waals surface area contributed by atoms with E-state index in [1.54, 1.807) is 11.9 Å². The molecule has 8 nitrogen and oxygen atoms in total. The Morgan fingerprint density at radius 3 is 2.72 bits per heavy atom. The summed E-state index contributed by atoms with van der Waals surface area (Å²) in [5, 5.41) is 11.0. The van der Waals surface area contributed by atoms with Gasteiger partial charge in [0.2, 0.25) is 11.8 Å². The maximum atomic E-state index is 11.0. The number of hydrogen-bond donors (Lipinski definition) is 1. The molecular weight excluding hydrogens is 238 g/mol. The molecule has 0 aliphatic heterocycles. The fraction of sp³-hybridized carbons (Fsp3) is 0.600. The number of nitro groups is 1. The van der Waals surface area contributed by atoms with Crippen LogP contribution < -0.4 is 10.6 Å². The minimum absolute atomic E-state index is 0.0244. The fourth-order valence-corrected chi connectivity index (χ4v) is 1.50. The normalized spacial score (nSPS) is 10.4. The van der Waals surface area contributed by atoms with Gasteiger partial charge in [-0.2, -0.15) is 4.98 Å². The Morgan fingerprint density at radius 2 is 2.17 bits per heavy atom. The lowest BCUT2D eigenvalue weighted by Gasteiger charge is -2.18. The van der Waals surface area contributed by atoms with Crippen molar-refractivity contribution in [3.8, 4) is 0 Å². The standard InChI is InChI=1S/C10H17N5O3/c1-4-18-6-5-14(3)9-8(15(16)17)7(2)12-10(11)13-9/h4-6H2,1-3H3,(H2,11,12,13). The largest absolute Gasteiger partial charge is 0.380 e. The van der Waals surface area contributed by atoms with Crippen molar-refractivity contribution >= 4 is 17.5 Å². The molecule has 1 heterocycles. The van der Waals surface area contributed by atoms with Crippen LogP contribution in [0.15, 0.2) is 0 Å². The summed E-state index contributed by atoms with van der Waals surface area (Å²) in [6, 6.07) is 0. The molecule has 0 radical (unpaired) electrons. The molecule has 2 N–H and O–H groups in total. The third-order valence-electron chi connectivity index (χ3n) is 2.38. The molecule has 0 fully saturated rings. The highest BCUT2D eigenvalue weighted by Gasteiger charge is 2.24. The smallest absolute Gasteiger partial charge is 0.332 e. The van der Waals surface area contributed by atoms with Crippen molar-refractivity contribution in [3.05, 3.63) is 15.8 Å². The van der Waals surface area contributed by atoms with E-state index in [2.05, 4.69) is 9.97 Å². The molecule has 0 atom stereocenters. The van der Waals surface area contributed by atoms with Gasteiger partial charge >= 0.3 is 5.69 Å². The second kappa shape index (κ2) is 6.10. The van der Waals surface area contributed by atoms with Gasteiger partial charge in [0, 0.05) is 20.2 Å². The third-order valence-corrected chi connectivity index (χ3v) is 2.38. The number of rotatable bonds is 6. The molecule has 0 spiro atoms. The fourth-order valence-electron chi connectivity index (χ4n) is 1.50. The van der Waals surface area contributed by atoms with Crippen LogP contribution in [0.4, 0.5) is 17.5 Å². The first-order valence-electron chi connectivity index (χ1n) is 5.54. The van der Waals surface area contributed by atoms with E-state index in [-0.39, 0.29) is 23.1 Å². The van der Waals surface area contributed by atoms with Crippen LogP contribution in [0, 0.1) is 17.0 Å². The molecular formula is C10H17N5O3. The maximum Gasteiger partial charge on any atom is 0.332 e. The number of nitrogens with zero attached hydrogens (tertiary/aromatic N) is 4. The van der Waals surface area contributed by atoms with Crippen molar-refractivity contribution in [1.29, 1.82) is 0 Å². The van der Waals surface area contributed by atoms with Crippen LogP contribution in [0.5, 0.6) is 0 Å². The van der Waals surface area contributed by atoms with E-state index in [9.17, 15) is 10.1 Å². The van der Waals surface area contributed by atoms with Crippen LogP contribution in [-0.4, -0.2) is 41.7 Å². The summed E-state index contributed by atoms with van der Waals surface area (Å²) in [7, 11) is 1.70. The lowest BCUT2D eigenvalue weighted by atomic mass is 10.3. The minimum atomic E-state index is -0.499. The molecule has 8 heteroatoms. The first-order chi connectivity index (χ1) is 8.47. The summed E-state index contributed by atoms with van der Waals surface area (Å²) < 4.78 is 5.20. The van der Waals surface area contributed by atoms with Gasteiger partial charge in [-0.15, -0.1) is 0 Å². The quantitative estimate of drug-likeness (QED) is 0.454. The van der Waals surface area contributed by atoms with E-state index < -0.39 is 4.92 Å². The highest BCUT2D eigenvalue weighted by molar-refractivity contribution is 5.61. The van der Waals surface area contributed by atoms with Gasteiger partial charge in [0.05, 0.1) is 11.5 Å². The molecule has 100 valence electrons. The number of likely N-dealkylation sites (N-methyl/N-ethyl adjacent to an activating group) is 1. The zero-order valence-corrected chi connectivity index (χ0v) is 10.7. The summed E-state index contributed by atoms with van der Waals surface area (Å²) in [5.41, 5.74) is 5.65. The molecule has 0 aliphatic carbocycles. The molecule has 0 saturated carbocycles. The van der Waals surface area contributed by atoms with Crippen LogP contribution in [0.2, 0.25) is 0 Å². The molecule has 18 heavy (non-hydrogen) atoms. The number of nitrogens with two attached hydrogens (primary N) is 1. The second-order valence-electron chi connectivity index (χ2n) is 3.72. The molecule has 1 aromatic heterocycles. The van der Waals surface area contributed by atoms with Gasteiger partial charge in [-0.25, -0.2) is 4.98 Å². The van der Waals surface area contributed by atoms with E-state index in [0.29, 0.717) is 19.8 Å². The van der Waals surface area contributed by atoms with Gasteiger partial charge < -0.3 is 15.4 Å². The molecule has 0 unspecified atom stereocenters. The van der Waals surface area contributed by atoms with Crippen molar-refractivity contribution in [3.63, 3.8) is 0 Å².